The summed E-state index contributed by atoms with van der Waals surface area (Å²) in [5.74, 6) is 0.302. The number of aromatic nitrogens is 2. The molecule has 0 aliphatic carbocycles. The topological polar surface area (TPSA) is 51.8 Å². The zero-order valence-electron chi connectivity index (χ0n) is 9.17. The fraction of sp³-hybridized carbons (Fsp3) is 0. The summed E-state index contributed by atoms with van der Waals surface area (Å²) in [6, 6.07) is 16.3. The van der Waals surface area contributed by atoms with Crippen molar-refractivity contribution >= 4 is 16.7 Å². The minimum atomic E-state index is 0.302. The van der Waals surface area contributed by atoms with Crippen LogP contribution in [0.5, 0.6) is 0 Å². The van der Waals surface area contributed by atoms with Gasteiger partial charge in [0, 0.05) is 11.8 Å². The van der Waals surface area contributed by atoms with Gasteiger partial charge in [0.05, 0.1) is 5.69 Å². The fourth-order valence-corrected chi connectivity index (χ4v) is 1.88. The second kappa shape index (κ2) is 3.87. The first-order chi connectivity index (χ1) is 8.33. The lowest BCUT2D eigenvalue weighted by atomic mass is 10.1. The van der Waals surface area contributed by atoms with E-state index in [-0.39, 0.29) is 0 Å². The summed E-state index contributed by atoms with van der Waals surface area (Å²) in [7, 11) is 0. The lowest BCUT2D eigenvalue weighted by Crippen LogP contribution is -1.94. The van der Waals surface area contributed by atoms with E-state index in [0.29, 0.717) is 5.95 Å². The van der Waals surface area contributed by atoms with Crippen molar-refractivity contribution in [1.82, 2.24) is 9.97 Å². The maximum Gasteiger partial charge on any atom is 0.220 e. The average molecular weight is 221 g/mol. The quantitative estimate of drug-likeness (QED) is 0.687. The second-order valence-electron chi connectivity index (χ2n) is 3.86. The predicted octanol–water partition coefficient (Wildman–Crippen LogP) is 2.88. The van der Waals surface area contributed by atoms with Gasteiger partial charge in [-0.15, -0.1) is 0 Å². The molecular weight excluding hydrogens is 210 g/mol. The van der Waals surface area contributed by atoms with Gasteiger partial charge in [-0.1, -0.05) is 36.4 Å². The van der Waals surface area contributed by atoms with Gasteiger partial charge in [0.1, 0.15) is 0 Å². The number of hydrogen-bond donors (Lipinski definition) is 1. The van der Waals surface area contributed by atoms with E-state index in [0.717, 1.165) is 11.3 Å². The van der Waals surface area contributed by atoms with E-state index < -0.39 is 0 Å². The number of nitrogen functional groups attached to an aromatic ring is 1. The summed E-state index contributed by atoms with van der Waals surface area (Å²) >= 11 is 0. The van der Waals surface area contributed by atoms with Crippen molar-refractivity contribution in [3.63, 3.8) is 0 Å². The van der Waals surface area contributed by atoms with Crippen LogP contribution in [0.25, 0.3) is 22.0 Å². The van der Waals surface area contributed by atoms with E-state index in [1.165, 1.54) is 10.8 Å². The molecule has 1 heterocycles. The first-order valence-electron chi connectivity index (χ1n) is 5.41. The molecule has 3 heteroatoms. The lowest BCUT2D eigenvalue weighted by Gasteiger charge is -2.03. The van der Waals surface area contributed by atoms with Gasteiger partial charge in [-0.25, -0.2) is 9.97 Å². The van der Waals surface area contributed by atoms with Crippen LogP contribution in [-0.2, 0) is 0 Å². The third-order valence-corrected chi connectivity index (χ3v) is 2.72. The highest BCUT2D eigenvalue weighted by molar-refractivity contribution is 5.86. The van der Waals surface area contributed by atoms with Crippen molar-refractivity contribution in [2.75, 3.05) is 5.73 Å². The molecule has 0 saturated carbocycles. The number of fused-ring (bicyclic) bond motifs is 1. The maximum atomic E-state index is 5.59. The van der Waals surface area contributed by atoms with E-state index >= 15 is 0 Å². The fourth-order valence-electron chi connectivity index (χ4n) is 1.88. The molecule has 0 saturated heterocycles. The summed E-state index contributed by atoms with van der Waals surface area (Å²) in [5.41, 5.74) is 7.49. The van der Waals surface area contributed by atoms with E-state index in [2.05, 4.69) is 34.2 Å². The molecule has 0 amide bonds. The number of rotatable bonds is 1. The Kier molecular flexibility index (Phi) is 2.22. The van der Waals surface area contributed by atoms with Gasteiger partial charge in [0.2, 0.25) is 5.95 Å². The van der Waals surface area contributed by atoms with Crippen LogP contribution in [0.4, 0.5) is 5.95 Å². The second-order valence-corrected chi connectivity index (χ2v) is 3.86. The zero-order valence-corrected chi connectivity index (χ0v) is 9.17. The first kappa shape index (κ1) is 9.78. The number of nitrogens with two attached hydrogens (primary N) is 1. The van der Waals surface area contributed by atoms with Crippen LogP contribution < -0.4 is 5.73 Å². The minimum Gasteiger partial charge on any atom is -0.368 e. The molecular formula is C14H11N3. The Labute approximate surface area is 98.9 Å². The van der Waals surface area contributed by atoms with Gasteiger partial charge in [0.25, 0.3) is 0 Å². The predicted molar refractivity (Wildman–Crippen MR) is 69.4 cm³/mol. The third kappa shape index (κ3) is 1.83. The molecule has 0 radical (unpaired) electrons. The van der Waals surface area contributed by atoms with E-state index in [1.807, 2.05) is 24.3 Å². The van der Waals surface area contributed by atoms with Crippen molar-refractivity contribution < 1.29 is 0 Å². The third-order valence-electron chi connectivity index (χ3n) is 2.72. The van der Waals surface area contributed by atoms with Crippen molar-refractivity contribution in [2.24, 2.45) is 0 Å². The molecule has 0 fully saturated rings. The van der Waals surface area contributed by atoms with Crippen molar-refractivity contribution in [1.29, 1.82) is 0 Å². The van der Waals surface area contributed by atoms with Crippen LogP contribution in [-0.4, -0.2) is 9.97 Å². The van der Waals surface area contributed by atoms with Gasteiger partial charge in [-0.2, -0.15) is 0 Å². The van der Waals surface area contributed by atoms with Crippen LogP contribution in [0, 0.1) is 0 Å². The maximum absolute atomic E-state index is 5.59. The number of benzene rings is 2. The average Bonchev–Trinajstić information content (AvgIpc) is 2.38. The summed E-state index contributed by atoms with van der Waals surface area (Å²) in [6.45, 7) is 0. The molecule has 82 valence electrons. The van der Waals surface area contributed by atoms with E-state index in [1.54, 1.807) is 6.20 Å². The van der Waals surface area contributed by atoms with Gasteiger partial charge in [0.15, 0.2) is 0 Å². The SMILES string of the molecule is Nc1nccc(-c2ccc3ccccc3c2)n1. The van der Waals surface area contributed by atoms with Crippen LogP contribution in [0.15, 0.2) is 54.7 Å². The number of nitrogens with zero attached hydrogens (tertiary/aromatic N) is 2. The standard InChI is InChI=1S/C14H11N3/c15-14-16-8-7-13(17-14)12-6-5-10-3-1-2-4-11(10)9-12/h1-9H,(H2,15,16,17). The Bertz CT molecular complexity index is 677. The molecule has 0 spiro atoms. The van der Waals surface area contributed by atoms with Crippen molar-refractivity contribution in [2.45, 2.75) is 0 Å². The first-order valence-corrected chi connectivity index (χ1v) is 5.41. The monoisotopic (exact) mass is 221 g/mol. The summed E-state index contributed by atoms with van der Waals surface area (Å²) in [6.07, 6.45) is 1.67. The summed E-state index contributed by atoms with van der Waals surface area (Å²) in [5, 5.41) is 2.42. The number of hydrogen-bond acceptors (Lipinski definition) is 3. The Morgan fingerprint density at radius 3 is 2.53 bits per heavy atom. The number of anilines is 1. The van der Waals surface area contributed by atoms with Crippen molar-refractivity contribution in [3.05, 3.63) is 54.7 Å². The Balaban J connectivity index is 2.18. The molecule has 0 atom stereocenters. The molecule has 2 aromatic carbocycles. The van der Waals surface area contributed by atoms with Crippen LogP contribution in [0.2, 0.25) is 0 Å². The minimum absolute atomic E-state index is 0.302. The molecule has 0 aliphatic heterocycles. The van der Waals surface area contributed by atoms with Crippen molar-refractivity contribution in [3.8, 4) is 11.3 Å². The largest absolute Gasteiger partial charge is 0.368 e. The highest BCUT2D eigenvalue weighted by Gasteiger charge is 2.01. The van der Waals surface area contributed by atoms with E-state index in [4.69, 9.17) is 5.73 Å². The van der Waals surface area contributed by atoms with Gasteiger partial charge in [-0.05, 0) is 22.9 Å². The highest BCUT2D eigenvalue weighted by Crippen LogP contribution is 2.22. The lowest BCUT2D eigenvalue weighted by molar-refractivity contribution is 1.19. The van der Waals surface area contributed by atoms with E-state index in [9.17, 15) is 0 Å². The highest BCUT2D eigenvalue weighted by atomic mass is 15.0. The summed E-state index contributed by atoms with van der Waals surface area (Å²) in [4.78, 5) is 8.11. The Morgan fingerprint density at radius 2 is 1.71 bits per heavy atom. The van der Waals surface area contributed by atoms with Crippen LogP contribution in [0.3, 0.4) is 0 Å². The van der Waals surface area contributed by atoms with Crippen LogP contribution in [0.1, 0.15) is 0 Å². The molecule has 1 aromatic heterocycles. The molecule has 0 bridgehead atoms. The zero-order chi connectivity index (χ0) is 11.7. The smallest absolute Gasteiger partial charge is 0.220 e. The van der Waals surface area contributed by atoms with Gasteiger partial charge >= 0.3 is 0 Å². The molecule has 3 nitrogen and oxygen atoms in total. The molecule has 2 N–H and O–H groups in total. The van der Waals surface area contributed by atoms with Gasteiger partial charge in [-0.3, -0.25) is 0 Å². The summed E-state index contributed by atoms with van der Waals surface area (Å²) < 4.78 is 0. The normalized spacial score (nSPS) is 10.6. The molecule has 3 aromatic rings. The van der Waals surface area contributed by atoms with Crippen LogP contribution >= 0.6 is 0 Å². The Morgan fingerprint density at radius 1 is 0.882 bits per heavy atom. The molecule has 17 heavy (non-hydrogen) atoms. The molecule has 0 aliphatic rings. The molecule has 3 rings (SSSR count). The Hall–Kier alpha value is -2.42. The molecule has 0 unspecified atom stereocenters. The van der Waals surface area contributed by atoms with Gasteiger partial charge < -0.3 is 5.73 Å².